The molecule has 0 spiro atoms. The Morgan fingerprint density at radius 1 is 1.35 bits per heavy atom. The predicted octanol–water partition coefficient (Wildman–Crippen LogP) is 1.58. The average molecular weight is 234 g/mol. The van der Waals surface area contributed by atoms with E-state index in [-0.39, 0.29) is 6.54 Å². The van der Waals surface area contributed by atoms with Crippen LogP contribution in [-0.4, -0.2) is 43.8 Å². The molecular formula is C13H18N2O2. The summed E-state index contributed by atoms with van der Waals surface area (Å²) in [7, 11) is 3.99. The van der Waals surface area contributed by atoms with E-state index in [0.29, 0.717) is 6.61 Å². The third kappa shape index (κ3) is 4.85. The smallest absolute Gasteiger partial charge is 0.244 e. The van der Waals surface area contributed by atoms with Gasteiger partial charge in [-0.1, -0.05) is 12.1 Å². The van der Waals surface area contributed by atoms with Crippen molar-refractivity contribution < 1.29 is 9.84 Å². The van der Waals surface area contributed by atoms with E-state index < -0.39 is 6.10 Å². The van der Waals surface area contributed by atoms with Gasteiger partial charge in [0.2, 0.25) is 6.54 Å². The van der Waals surface area contributed by atoms with E-state index in [0.717, 1.165) is 17.9 Å². The summed E-state index contributed by atoms with van der Waals surface area (Å²) in [5.74, 6) is 0.783. The van der Waals surface area contributed by atoms with Gasteiger partial charge in [0.05, 0.1) is 0 Å². The van der Waals surface area contributed by atoms with Crippen molar-refractivity contribution in [2.75, 3.05) is 33.8 Å². The normalized spacial score (nSPS) is 12.2. The Morgan fingerprint density at radius 3 is 2.53 bits per heavy atom. The van der Waals surface area contributed by atoms with Crippen molar-refractivity contribution in [3.05, 3.63) is 41.2 Å². The lowest BCUT2D eigenvalue weighted by molar-refractivity contribution is 0.195. The SMILES string of the molecule is [C-]#[N+]CC(O)c1ccc(OCCN(C)C)cc1. The number of aliphatic hydroxyl groups excluding tert-OH is 1. The topological polar surface area (TPSA) is 37.1 Å². The Labute approximate surface area is 102 Å². The highest BCUT2D eigenvalue weighted by molar-refractivity contribution is 5.28. The van der Waals surface area contributed by atoms with Gasteiger partial charge in [0, 0.05) is 6.54 Å². The molecule has 0 aliphatic carbocycles. The first-order valence-electron chi connectivity index (χ1n) is 5.52. The zero-order valence-corrected chi connectivity index (χ0v) is 10.3. The zero-order valence-electron chi connectivity index (χ0n) is 10.3. The van der Waals surface area contributed by atoms with Crippen LogP contribution in [0.15, 0.2) is 24.3 Å². The van der Waals surface area contributed by atoms with E-state index in [1.165, 1.54) is 0 Å². The van der Waals surface area contributed by atoms with Gasteiger partial charge in [-0.05, 0) is 31.8 Å². The summed E-state index contributed by atoms with van der Waals surface area (Å²) in [5.41, 5.74) is 0.751. The molecule has 1 aromatic carbocycles. The van der Waals surface area contributed by atoms with Crippen molar-refractivity contribution in [3.8, 4) is 5.75 Å². The van der Waals surface area contributed by atoms with Crippen LogP contribution in [0.1, 0.15) is 11.7 Å². The van der Waals surface area contributed by atoms with E-state index >= 15 is 0 Å². The second-order valence-electron chi connectivity index (χ2n) is 4.08. The highest BCUT2D eigenvalue weighted by Crippen LogP contribution is 2.18. The molecule has 0 radical (unpaired) electrons. The molecule has 0 aromatic heterocycles. The molecule has 1 unspecified atom stereocenters. The maximum Gasteiger partial charge on any atom is 0.244 e. The first-order chi connectivity index (χ1) is 8.13. The molecule has 17 heavy (non-hydrogen) atoms. The molecule has 1 aromatic rings. The van der Waals surface area contributed by atoms with Gasteiger partial charge in [-0.15, -0.1) is 0 Å². The molecule has 4 heteroatoms. The minimum Gasteiger partial charge on any atom is -0.492 e. The van der Waals surface area contributed by atoms with Crippen molar-refractivity contribution in [3.63, 3.8) is 0 Å². The number of ether oxygens (including phenoxy) is 1. The van der Waals surface area contributed by atoms with E-state index in [2.05, 4.69) is 4.85 Å². The lowest BCUT2D eigenvalue weighted by Gasteiger charge is -2.11. The first kappa shape index (κ1) is 13.5. The minimum absolute atomic E-state index is 0.0980. The van der Waals surface area contributed by atoms with Gasteiger partial charge in [0.25, 0.3) is 0 Å². The molecule has 0 saturated heterocycles. The Bertz CT molecular complexity index is 368. The maximum absolute atomic E-state index is 9.60. The summed E-state index contributed by atoms with van der Waals surface area (Å²) in [6, 6.07) is 7.22. The number of hydrogen-bond acceptors (Lipinski definition) is 3. The van der Waals surface area contributed by atoms with Gasteiger partial charge >= 0.3 is 0 Å². The van der Waals surface area contributed by atoms with Gasteiger partial charge in [-0.2, -0.15) is 0 Å². The van der Waals surface area contributed by atoms with Crippen molar-refractivity contribution in [1.82, 2.24) is 4.90 Å². The standard InChI is InChI=1S/C13H18N2O2/c1-14-10-13(16)11-4-6-12(7-5-11)17-9-8-15(2)3/h4-7,13,16H,8-10H2,2-3H3. The fourth-order valence-corrected chi connectivity index (χ4v) is 1.32. The van der Waals surface area contributed by atoms with Gasteiger partial charge in [0.1, 0.15) is 12.4 Å². The van der Waals surface area contributed by atoms with Crippen LogP contribution in [0.2, 0.25) is 0 Å². The van der Waals surface area contributed by atoms with E-state index in [1.807, 2.05) is 31.1 Å². The average Bonchev–Trinajstić information content (AvgIpc) is 2.30. The van der Waals surface area contributed by atoms with E-state index in [9.17, 15) is 5.11 Å². The summed E-state index contributed by atoms with van der Waals surface area (Å²) in [6.07, 6.45) is -0.705. The number of likely N-dealkylation sites (N-methyl/N-ethyl adjacent to an activating group) is 1. The van der Waals surface area contributed by atoms with Crippen LogP contribution in [0.3, 0.4) is 0 Å². The molecule has 0 amide bonds. The summed E-state index contributed by atoms with van der Waals surface area (Å²) in [5, 5.41) is 9.60. The van der Waals surface area contributed by atoms with Crippen LogP contribution >= 0.6 is 0 Å². The van der Waals surface area contributed by atoms with Crippen LogP contribution in [0.25, 0.3) is 4.85 Å². The first-order valence-corrected chi connectivity index (χ1v) is 5.52. The molecular weight excluding hydrogens is 216 g/mol. The van der Waals surface area contributed by atoms with Crippen molar-refractivity contribution >= 4 is 0 Å². The van der Waals surface area contributed by atoms with Crippen molar-refractivity contribution in [2.45, 2.75) is 6.10 Å². The molecule has 0 heterocycles. The minimum atomic E-state index is -0.705. The molecule has 0 saturated carbocycles. The molecule has 1 N–H and O–H groups in total. The Morgan fingerprint density at radius 2 is 2.00 bits per heavy atom. The fourth-order valence-electron chi connectivity index (χ4n) is 1.32. The molecule has 0 fully saturated rings. The largest absolute Gasteiger partial charge is 0.492 e. The molecule has 1 atom stereocenters. The number of benzene rings is 1. The Kier molecular flexibility index (Phi) is 5.47. The van der Waals surface area contributed by atoms with E-state index in [1.54, 1.807) is 12.1 Å². The van der Waals surface area contributed by atoms with Gasteiger partial charge < -0.3 is 19.6 Å². The number of nitrogens with zero attached hydrogens (tertiary/aromatic N) is 2. The molecule has 0 aliphatic heterocycles. The van der Waals surface area contributed by atoms with Crippen LogP contribution in [0.5, 0.6) is 5.75 Å². The van der Waals surface area contributed by atoms with Gasteiger partial charge in [-0.3, -0.25) is 0 Å². The zero-order chi connectivity index (χ0) is 12.7. The van der Waals surface area contributed by atoms with Gasteiger partial charge in [0.15, 0.2) is 6.10 Å². The Hall–Kier alpha value is -1.57. The molecule has 4 nitrogen and oxygen atoms in total. The van der Waals surface area contributed by atoms with Crippen molar-refractivity contribution in [2.24, 2.45) is 0 Å². The fraction of sp³-hybridized carbons (Fsp3) is 0.462. The number of hydrogen-bond donors (Lipinski definition) is 1. The molecule has 92 valence electrons. The lowest BCUT2D eigenvalue weighted by Crippen LogP contribution is -2.19. The van der Waals surface area contributed by atoms with Crippen LogP contribution < -0.4 is 4.74 Å². The number of rotatable bonds is 6. The quantitative estimate of drug-likeness (QED) is 0.759. The predicted molar refractivity (Wildman–Crippen MR) is 66.9 cm³/mol. The second-order valence-corrected chi connectivity index (χ2v) is 4.08. The van der Waals surface area contributed by atoms with Gasteiger partial charge in [-0.25, -0.2) is 6.57 Å². The number of aliphatic hydroxyl groups is 1. The molecule has 0 bridgehead atoms. The van der Waals surface area contributed by atoms with Crippen LogP contribution in [0.4, 0.5) is 0 Å². The monoisotopic (exact) mass is 234 g/mol. The van der Waals surface area contributed by atoms with E-state index in [4.69, 9.17) is 11.3 Å². The summed E-state index contributed by atoms with van der Waals surface area (Å²) in [6.45, 7) is 8.29. The van der Waals surface area contributed by atoms with Crippen LogP contribution in [-0.2, 0) is 0 Å². The summed E-state index contributed by atoms with van der Waals surface area (Å²) >= 11 is 0. The second kappa shape index (κ2) is 6.89. The Balaban J connectivity index is 2.48. The highest BCUT2D eigenvalue weighted by atomic mass is 16.5. The molecule has 1 rings (SSSR count). The van der Waals surface area contributed by atoms with Crippen LogP contribution in [0, 0.1) is 6.57 Å². The summed E-state index contributed by atoms with van der Waals surface area (Å²) in [4.78, 5) is 5.22. The summed E-state index contributed by atoms with van der Waals surface area (Å²) < 4.78 is 5.53. The molecule has 0 aliphatic rings. The third-order valence-corrected chi connectivity index (χ3v) is 2.34. The third-order valence-electron chi connectivity index (χ3n) is 2.34. The maximum atomic E-state index is 9.60. The lowest BCUT2D eigenvalue weighted by atomic mass is 10.1. The van der Waals surface area contributed by atoms with Crippen molar-refractivity contribution in [1.29, 1.82) is 0 Å². The highest BCUT2D eigenvalue weighted by Gasteiger charge is 2.09.